The van der Waals surface area contributed by atoms with Gasteiger partial charge in [-0.3, -0.25) is 0 Å². The molecule has 0 saturated carbocycles. The number of anilines is 1. The van der Waals surface area contributed by atoms with Gasteiger partial charge in [-0.1, -0.05) is 20.8 Å². The van der Waals surface area contributed by atoms with Crippen molar-refractivity contribution in [3.8, 4) is 0 Å². The molecule has 3 heterocycles. The second kappa shape index (κ2) is 5.96. The number of amides is 1. The summed E-state index contributed by atoms with van der Waals surface area (Å²) in [5.74, 6) is 0.966. The number of hydrogen-bond donors (Lipinski definition) is 1. The molecule has 2 N–H and O–H groups in total. The average Bonchev–Trinajstić information content (AvgIpc) is 2.94. The number of thiophene rings is 1. The minimum absolute atomic E-state index is 0.0208. The molecule has 1 amide bonds. The van der Waals surface area contributed by atoms with Gasteiger partial charge < -0.3 is 15.4 Å². The molecule has 1 fully saturated rings. The lowest BCUT2D eigenvalue weighted by atomic mass is 9.79. The molecule has 0 aliphatic carbocycles. The first kappa shape index (κ1) is 16.0. The van der Waals surface area contributed by atoms with Crippen molar-refractivity contribution >= 4 is 33.5 Å². The molecule has 0 bridgehead atoms. The van der Waals surface area contributed by atoms with E-state index in [0.29, 0.717) is 0 Å². The summed E-state index contributed by atoms with van der Waals surface area (Å²) in [5, 5.41) is 3.12. The number of nitrogens with two attached hydrogens (primary N) is 1. The van der Waals surface area contributed by atoms with Crippen molar-refractivity contribution in [2.75, 3.05) is 11.4 Å². The Labute approximate surface area is 139 Å². The fourth-order valence-electron chi connectivity index (χ4n) is 3.28. The topological polar surface area (TPSA) is 81.3 Å². The molecule has 0 spiro atoms. The first-order valence-electron chi connectivity index (χ1n) is 7.77. The summed E-state index contributed by atoms with van der Waals surface area (Å²) >= 11 is 1.62. The van der Waals surface area contributed by atoms with Crippen molar-refractivity contribution in [2.45, 2.75) is 45.8 Å². The Balaban J connectivity index is 1.94. The monoisotopic (exact) mass is 334 g/mol. The third kappa shape index (κ3) is 3.24. The third-order valence-electron chi connectivity index (χ3n) is 4.35. The van der Waals surface area contributed by atoms with Crippen molar-refractivity contribution in [3.05, 3.63) is 17.8 Å². The molecule has 1 aliphatic rings. The van der Waals surface area contributed by atoms with Crippen molar-refractivity contribution in [1.29, 1.82) is 0 Å². The van der Waals surface area contributed by atoms with Gasteiger partial charge in [0.1, 0.15) is 23.1 Å². The van der Waals surface area contributed by atoms with Gasteiger partial charge in [-0.2, -0.15) is 0 Å². The Kier molecular flexibility index (Phi) is 4.14. The van der Waals surface area contributed by atoms with Gasteiger partial charge in [-0.05, 0) is 16.9 Å². The van der Waals surface area contributed by atoms with Gasteiger partial charge >= 0.3 is 6.09 Å². The highest BCUT2D eigenvalue weighted by atomic mass is 32.1. The molecule has 0 aromatic carbocycles. The fraction of sp³-hybridized carbons (Fsp3) is 0.562. The molecule has 3 rings (SSSR count). The van der Waals surface area contributed by atoms with E-state index >= 15 is 0 Å². The van der Waals surface area contributed by atoms with Crippen molar-refractivity contribution < 1.29 is 9.53 Å². The summed E-state index contributed by atoms with van der Waals surface area (Å²) in [6.07, 6.45) is 2.30. The van der Waals surface area contributed by atoms with Crippen LogP contribution in [0.5, 0.6) is 0 Å². The standard InChI is InChI=1S/C16H22N4O2S/c1-16(2,3)12-8-10(22-15(17)21)4-6-20(12)13-11-5-7-23-14(11)19-9-18-13/h5,7,9-10,12H,4,6,8H2,1-3H3,(H2,17,21). The Morgan fingerprint density at radius 3 is 2.91 bits per heavy atom. The second-order valence-corrected chi connectivity index (χ2v) is 7.89. The van der Waals surface area contributed by atoms with E-state index in [1.165, 1.54) is 0 Å². The van der Waals surface area contributed by atoms with Crippen LogP contribution in [0.1, 0.15) is 33.6 Å². The second-order valence-electron chi connectivity index (χ2n) is 7.00. The molecule has 7 heteroatoms. The van der Waals surface area contributed by atoms with Crippen LogP contribution < -0.4 is 10.6 Å². The molecular formula is C16H22N4O2S. The summed E-state index contributed by atoms with van der Waals surface area (Å²) < 4.78 is 5.25. The van der Waals surface area contributed by atoms with E-state index in [9.17, 15) is 4.79 Å². The van der Waals surface area contributed by atoms with E-state index in [2.05, 4.69) is 41.7 Å². The zero-order valence-corrected chi connectivity index (χ0v) is 14.5. The largest absolute Gasteiger partial charge is 0.446 e. The normalized spacial score (nSPS) is 22.3. The summed E-state index contributed by atoms with van der Waals surface area (Å²) in [7, 11) is 0. The number of hydrogen-bond acceptors (Lipinski definition) is 6. The molecular weight excluding hydrogens is 312 g/mol. The van der Waals surface area contributed by atoms with Crippen LogP contribution in [0.4, 0.5) is 10.6 Å². The smallest absolute Gasteiger partial charge is 0.404 e. The summed E-state index contributed by atoms with van der Waals surface area (Å²) in [6, 6.07) is 2.28. The third-order valence-corrected chi connectivity index (χ3v) is 5.17. The molecule has 2 unspecified atom stereocenters. The number of primary amides is 1. The molecule has 0 radical (unpaired) electrons. The van der Waals surface area contributed by atoms with Crippen LogP contribution in [0.3, 0.4) is 0 Å². The van der Waals surface area contributed by atoms with Gasteiger partial charge in [0.25, 0.3) is 0 Å². The predicted octanol–water partition coefficient (Wildman–Crippen LogP) is 3.17. The van der Waals surface area contributed by atoms with Crippen molar-refractivity contribution in [2.24, 2.45) is 11.1 Å². The van der Waals surface area contributed by atoms with Gasteiger partial charge in [-0.15, -0.1) is 11.3 Å². The first-order valence-corrected chi connectivity index (χ1v) is 8.65. The SMILES string of the molecule is CC(C)(C)C1CC(OC(N)=O)CCN1c1ncnc2sccc12. The van der Waals surface area contributed by atoms with Crippen molar-refractivity contribution in [3.63, 3.8) is 0 Å². The number of carbonyl (C=O) groups excluding carboxylic acids is 1. The number of nitrogens with zero attached hydrogens (tertiary/aromatic N) is 3. The Morgan fingerprint density at radius 2 is 2.22 bits per heavy atom. The lowest BCUT2D eigenvalue weighted by molar-refractivity contribution is 0.0669. The van der Waals surface area contributed by atoms with E-state index < -0.39 is 6.09 Å². The number of ether oxygens (including phenoxy) is 1. The number of aromatic nitrogens is 2. The van der Waals surface area contributed by atoms with Crippen LogP contribution in [0.15, 0.2) is 17.8 Å². The number of carbonyl (C=O) groups is 1. The van der Waals surface area contributed by atoms with Gasteiger partial charge in [0.05, 0.1) is 5.39 Å². The van der Waals surface area contributed by atoms with E-state index in [1.807, 2.05) is 5.38 Å². The van der Waals surface area contributed by atoms with Gasteiger partial charge in [0.15, 0.2) is 0 Å². The summed E-state index contributed by atoms with van der Waals surface area (Å²) in [5.41, 5.74) is 5.21. The van der Waals surface area contributed by atoms with Crippen LogP contribution in [0, 0.1) is 5.41 Å². The zero-order chi connectivity index (χ0) is 16.6. The van der Waals surface area contributed by atoms with E-state index in [1.54, 1.807) is 17.7 Å². The maximum Gasteiger partial charge on any atom is 0.404 e. The minimum atomic E-state index is -0.696. The Hall–Kier alpha value is -1.89. The van der Waals surface area contributed by atoms with Crippen molar-refractivity contribution in [1.82, 2.24) is 9.97 Å². The summed E-state index contributed by atoms with van der Waals surface area (Å²) in [6.45, 7) is 7.37. The molecule has 6 nitrogen and oxygen atoms in total. The lowest BCUT2D eigenvalue weighted by Gasteiger charge is -2.46. The van der Waals surface area contributed by atoms with Crippen LogP contribution in [0.2, 0.25) is 0 Å². The van der Waals surface area contributed by atoms with E-state index in [0.717, 1.165) is 35.4 Å². The summed E-state index contributed by atoms with van der Waals surface area (Å²) in [4.78, 5) is 23.3. The Morgan fingerprint density at radius 1 is 1.43 bits per heavy atom. The molecule has 124 valence electrons. The highest BCUT2D eigenvalue weighted by Gasteiger charge is 2.38. The highest BCUT2D eigenvalue weighted by Crippen LogP contribution is 2.38. The van der Waals surface area contributed by atoms with Gasteiger partial charge in [0.2, 0.25) is 0 Å². The molecule has 1 aliphatic heterocycles. The van der Waals surface area contributed by atoms with E-state index in [-0.39, 0.29) is 17.6 Å². The maximum atomic E-state index is 11.1. The number of fused-ring (bicyclic) bond motifs is 1. The number of piperidine rings is 1. The van der Waals surface area contributed by atoms with Gasteiger partial charge in [-0.25, -0.2) is 14.8 Å². The molecule has 2 atom stereocenters. The highest BCUT2D eigenvalue weighted by molar-refractivity contribution is 7.16. The van der Waals surface area contributed by atoms with Crippen LogP contribution in [0.25, 0.3) is 10.2 Å². The molecule has 1 saturated heterocycles. The first-order chi connectivity index (χ1) is 10.9. The molecule has 2 aromatic rings. The van der Waals surface area contributed by atoms with Crippen LogP contribution in [-0.2, 0) is 4.74 Å². The fourth-order valence-corrected chi connectivity index (χ4v) is 4.01. The zero-order valence-electron chi connectivity index (χ0n) is 13.7. The average molecular weight is 334 g/mol. The lowest BCUT2D eigenvalue weighted by Crippen LogP contribution is -2.52. The van der Waals surface area contributed by atoms with Crippen LogP contribution in [-0.4, -0.2) is 34.8 Å². The quantitative estimate of drug-likeness (QED) is 0.912. The van der Waals surface area contributed by atoms with Crippen LogP contribution >= 0.6 is 11.3 Å². The minimum Gasteiger partial charge on any atom is -0.446 e. The maximum absolute atomic E-state index is 11.1. The number of rotatable bonds is 2. The predicted molar refractivity (Wildman–Crippen MR) is 91.7 cm³/mol. The Bertz CT molecular complexity index is 709. The molecule has 23 heavy (non-hydrogen) atoms. The van der Waals surface area contributed by atoms with Gasteiger partial charge in [0, 0.05) is 25.4 Å². The molecule has 2 aromatic heterocycles. The van der Waals surface area contributed by atoms with E-state index in [4.69, 9.17) is 10.5 Å².